The summed E-state index contributed by atoms with van der Waals surface area (Å²) in [7, 11) is 0. The molecule has 2 nitrogen and oxygen atoms in total. The second kappa shape index (κ2) is 11.3. The zero-order valence-corrected chi connectivity index (χ0v) is 17.8. The number of unbranched alkanes of at least 4 members (excludes halogenated alkanes) is 2. The second-order valence-electron chi connectivity index (χ2n) is 7.11. The standard InChI is InChI=1S/C26H27NOS/c1-2-3-6-19-28-25-17-10-21(11-18-25)9-12-22-7-4-5-8-26(22)23-13-15-24(16-14-23)27-20-29/h4-5,7-8,10-11,13-18H,2-3,6,9,12,19H2,1H3. The summed E-state index contributed by atoms with van der Waals surface area (Å²) in [5.74, 6) is 0.962. The van der Waals surface area contributed by atoms with Gasteiger partial charge in [-0.2, -0.15) is 4.99 Å². The Morgan fingerprint density at radius 1 is 0.862 bits per heavy atom. The molecule has 0 heterocycles. The summed E-state index contributed by atoms with van der Waals surface area (Å²) in [5.41, 5.74) is 5.96. The van der Waals surface area contributed by atoms with Gasteiger partial charge in [-0.3, -0.25) is 0 Å². The van der Waals surface area contributed by atoms with Gasteiger partial charge < -0.3 is 4.74 Å². The van der Waals surface area contributed by atoms with E-state index in [4.69, 9.17) is 4.74 Å². The minimum atomic E-state index is 0.801. The molecule has 0 N–H and O–H groups in total. The van der Waals surface area contributed by atoms with Gasteiger partial charge in [0.15, 0.2) is 0 Å². The predicted octanol–water partition coefficient (Wildman–Crippen LogP) is 7.44. The first-order chi connectivity index (χ1) is 14.3. The van der Waals surface area contributed by atoms with E-state index in [0.29, 0.717) is 0 Å². The molecule has 0 aromatic heterocycles. The van der Waals surface area contributed by atoms with Crippen LogP contribution in [0.5, 0.6) is 5.75 Å². The Bertz CT molecular complexity index is 941. The van der Waals surface area contributed by atoms with Crippen molar-refractivity contribution in [2.45, 2.75) is 39.0 Å². The summed E-state index contributed by atoms with van der Waals surface area (Å²) in [6.07, 6.45) is 5.55. The Kier molecular flexibility index (Phi) is 8.18. The van der Waals surface area contributed by atoms with Crippen LogP contribution in [-0.2, 0) is 12.8 Å². The first-order valence-corrected chi connectivity index (χ1v) is 10.7. The van der Waals surface area contributed by atoms with Crippen LogP contribution in [0.3, 0.4) is 0 Å². The van der Waals surface area contributed by atoms with Crippen molar-refractivity contribution in [3.63, 3.8) is 0 Å². The highest BCUT2D eigenvalue weighted by molar-refractivity contribution is 7.78. The minimum absolute atomic E-state index is 0.801. The number of thiocarbonyl (C=S) groups is 1. The van der Waals surface area contributed by atoms with E-state index in [1.165, 1.54) is 35.1 Å². The lowest BCUT2D eigenvalue weighted by molar-refractivity contribution is 0.306. The monoisotopic (exact) mass is 401 g/mol. The Hall–Kier alpha value is -2.74. The van der Waals surface area contributed by atoms with Crippen LogP contribution < -0.4 is 4.74 Å². The van der Waals surface area contributed by atoms with Gasteiger partial charge in [0.05, 0.1) is 17.5 Å². The molecule has 0 radical (unpaired) electrons. The van der Waals surface area contributed by atoms with Crippen LogP contribution in [0.25, 0.3) is 11.1 Å². The van der Waals surface area contributed by atoms with E-state index in [-0.39, 0.29) is 0 Å². The maximum atomic E-state index is 5.81. The Balaban J connectivity index is 1.63. The summed E-state index contributed by atoms with van der Waals surface area (Å²) in [6, 6.07) is 25.3. The van der Waals surface area contributed by atoms with E-state index >= 15 is 0 Å². The summed E-state index contributed by atoms with van der Waals surface area (Å²) in [4.78, 5) is 4.03. The summed E-state index contributed by atoms with van der Waals surface area (Å²) in [5, 5.41) is 2.41. The number of aryl methyl sites for hydroxylation is 2. The Labute approximate surface area is 179 Å². The third-order valence-electron chi connectivity index (χ3n) is 4.99. The van der Waals surface area contributed by atoms with Gasteiger partial charge >= 0.3 is 0 Å². The maximum Gasteiger partial charge on any atom is 0.119 e. The number of hydrogen-bond acceptors (Lipinski definition) is 3. The van der Waals surface area contributed by atoms with Crippen LogP contribution in [0.4, 0.5) is 5.69 Å². The van der Waals surface area contributed by atoms with E-state index in [1.807, 2.05) is 12.1 Å². The number of nitrogens with zero attached hydrogens (tertiary/aromatic N) is 1. The molecule has 148 valence electrons. The second-order valence-corrected chi connectivity index (χ2v) is 7.29. The molecule has 3 aromatic carbocycles. The zero-order valence-electron chi connectivity index (χ0n) is 16.9. The van der Waals surface area contributed by atoms with Crippen molar-refractivity contribution in [1.82, 2.24) is 0 Å². The van der Waals surface area contributed by atoms with Crippen LogP contribution in [0, 0.1) is 0 Å². The molecule has 0 bridgehead atoms. The molecule has 29 heavy (non-hydrogen) atoms. The third kappa shape index (κ3) is 6.39. The molecule has 0 spiro atoms. The molecule has 0 aliphatic heterocycles. The van der Waals surface area contributed by atoms with Gasteiger partial charge in [0.25, 0.3) is 0 Å². The fraction of sp³-hybridized carbons (Fsp3) is 0.269. The number of isothiocyanates is 1. The number of rotatable bonds is 10. The molecule has 3 rings (SSSR count). The third-order valence-corrected chi connectivity index (χ3v) is 5.08. The van der Waals surface area contributed by atoms with Crippen LogP contribution >= 0.6 is 12.2 Å². The van der Waals surface area contributed by atoms with E-state index in [1.54, 1.807) is 0 Å². The van der Waals surface area contributed by atoms with Crippen molar-refractivity contribution >= 4 is 23.1 Å². The largest absolute Gasteiger partial charge is 0.494 e. The smallest absolute Gasteiger partial charge is 0.119 e. The number of aliphatic imine (C=N–C) groups is 1. The maximum absolute atomic E-state index is 5.81. The van der Waals surface area contributed by atoms with E-state index in [0.717, 1.165) is 37.3 Å². The molecular formula is C26H27NOS. The molecule has 0 atom stereocenters. The Morgan fingerprint density at radius 2 is 1.62 bits per heavy atom. The van der Waals surface area contributed by atoms with Crippen LogP contribution in [0.15, 0.2) is 77.8 Å². The van der Waals surface area contributed by atoms with Crippen LogP contribution in [0.1, 0.15) is 37.3 Å². The first kappa shape index (κ1) is 21.0. The Morgan fingerprint density at radius 3 is 2.34 bits per heavy atom. The molecule has 0 saturated heterocycles. The summed E-state index contributed by atoms with van der Waals surface area (Å²) >= 11 is 4.68. The quantitative estimate of drug-likeness (QED) is 0.200. The first-order valence-electron chi connectivity index (χ1n) is 10.3. The SMILES string of the molecule is CCCCCOc1ccc(CCc2ccccc2-c2ccc(N=C=S)cc2)cc1. The van der Waals surface area contributed by atoms with Crippen molar-refractivity contribution in [3.05, 3.63) is 83.9 Å². The van der Waals surface area contributed by atoms with Crippen LogP contribution in [0.2, 0.25) is 0 Å². The number of benzene rings is 3. The topological polar surface area (TPSA) is 21.6 Å². The highest BCUT2D eigenvalue weighted by Crippen LogP contribution is 2.27. The van der Waals surface area contributed by atoms with Gasteiger partial charge in [0.1, 0.15) is 5.75 Å². The molecule has 0 amide bonds. The van der Waals surface area contributed by atoms with E-state index < -0.39 is 0 Å². The lowest BCUT2D eigenvalue weighted by atomic mass is 9.95. The van der Waals surface area contributed by atoms with Gasteiger partial charge in [0, 0.05) is 0 Å². The highest BCUT2D eigenvalue weighted by Gasteiger charge is 2.06. The van der Waals surface area contributed by atoms with Gasteiger partial charge in [-0.15, -0.1) is 0 Å². The van der Waals surface area contributed by atoms with Crippen LogP contribution in [-0.4, -0.2) is 11.8 Å². The van der Waals surface area contributed by atoms with Gasteiger partial charge in [-0.25, -0.2) is 0 Å². The number of ether oxygens (including phenoxy) is 1. The van der Waals surface area contributed by atoms with Crippen molar-refractivity contribution in [2.75, 3.05) is 6.61 Å². The van der Waals surface area contributed by atoms with Crippen molar-refractivity contribution in [3.8, 4) is 16.9 Å². The molecule has 0 fully saturated rings. The molecule has 3 heteroatoms. The lowest BCUT2D eigenvalue weighted by Gasteiger charge is -2.11. The highest BCUT2D eigenvalue weighted by atomic mass is 32.1. The minimum Gasteiger partial charge on any atom is -0.494 e. The van der Waals surface area contributed by atoms with Crippen molar-refractivity contribution in [2.24, 2.45) is 4.99 Å². The fourth-order valence-electron chi connectivity index (χ4n) is 3.36. The fourth-order valence-corrected chi connectivity index (χ4v) is 3.47. The molecule has 0 unspecified atom stereocenters. The average Bonchev–Trinajstić information content (AvgIpc) is 2.77. The van der Waals surface area contributed by atoms with E-state index in [9.17, 15) is 0 Å². The van der Waals surface area contributed by atoms with Gasteiger partial charge in [-0.05, 0) is 78.0 Å². The molecule has 3 aromatic rings. The summed E-state index contributed by atoms with van der Waals surface area (Å²) in [6.45, 7) is 3.01. The van der Waals surface area contributed by atoms with Crippen molar-refractivity contribution in [1.29, 1.82) is 0 Å². The van der Waals surface area contributed by atoms with E-state index in [2.05, 4.69) is 90.0 Å². The predicted molar refractivity (Wildman–Crippen MR) is 125 cm³/mol. The lowest BCUT2D eigenvalue weighted by Crippen LogP contribution is -1.98. The zero-order chi connectivity index (χ0) is 20.3. The molecule has 0 aliphatic carbocycles. The van der Waals surface area contributed by atoms with Gasteiger partial charge in [-0.1, -0.05) is 68.3 Å². The van der Waals surface area contributed by atoms with Gasteiger partial charge in [0.2, 0.25) is 0 Å². The molecule has 0 aliphatic rings. The average molecular weight is 402 g/mol. The normalized spacial score (nSPS) is 10.4. The number of hydrogen-bond donors (Lipinski definition) is 0. The summed E-state index contributed by atoms with van der Waals surface area (Å²) < 4.78 is 5.81. The molecular weight excluding hydrogens is 374 g/mol. The molecule has 0 saturated carbocycles. The van der Waals surface area contributed by atoms with Crippen molar-refractivity contribution < 1.29 is 4.74 Å².